The van der Waals surface area contributed by atoms with E-state index in [4.69, 9.17) is 0 Å². The van der Waals surface area contributed by atoms with Crippen LogP contribution in [-0.4, -0.2) is 11.9 Å². The maximum Gasteiger partial charge on any atom is 0.177 e. The molecule has 0 aromatic rings. The van der Waals surface area contributed by atoms with Crippen LogP contribution < -0.4 is 0 Å². The second-order valence-corrected chi connectivity index (χ2v) is 1.77. The molecule has 52 valence electrons. The van der Waals surface area contributed by atoms with E-state index < -0.39 is 0 Å². The van der Waals surface area contributed by atoms with E-state index in [0.29, 0.717) is 12.0 Å². The van der Waals surface area contributed by atoms with Gasteiger partial charge in [0.15, 0.2) is 5.94 Å². The van der Waals surface area contributed by atoms with Crippen LogP contribution in [0.5, 0.6) is 0 Å². The molecule has 10 heavy (non-hydrogen) atoms. The lowest BCUT2D eigenvalue weighted by Crippen LogP contribution is -1.76. The minimum Gasteiger partial charge on any atom is -0.233 e. The Labute approximate surface area is 59.5 Å². The Morgan fingerprint density at radius 3 is 2.60 bits per heavy atom. The van der Waals surface area contributed by atoms with Crippen LogP contribution in [0.3, 0.4) is 0 Å². The first-order valence-corrected chi connectivity index (χ1v) is 3.05. The first-order chi connectivity index (χ1) is 4.85. The van der Waals surface area contributed by atoms with Gasteiger partial charge in [-0.25, -0.2) is 9.59 Å². The van der Waals surface area contributed by atoms with E-state index in [2.05, 4.69) is 5.73 Å². The summed E-state index contributed by atoms with van der Waals surface area (Å²) in [6.07, 6.45) is 2.81. The van der Waals surface area contributed by atoms with Crippen LogP contribution in [0.15, 0.2) is 17.4 Å². The standard InChI is InChI=1S/C8H8O2/c1-2-4-8(7-10)5-3-6-9/h5H,2,4H2,1H3. The molecule has 0 aromatic heterocycles. The smallest absolute Gasteiger partial charge is 0.177 e. The summed E-state index contributed by atoms with van der Waals surface area (Å²) in [6, 6.07) is 0. The quantitative estimate of drug-likeness (QED) is 0.330. The third-order valence-corrected chi connectivity index (χ3v) is 0.956. The van der Waals surface area contributed by atoms with Crippen LogP contribution in [0.2, 0.25) is 0 Å². The van der Waals surface area contributed by atoms with Crippen LogP contribution in [0.4, 0.5) is 0 Å². The zero-order valence-corrected chi connectivity index (χ0v) is 5.81. The van der Waals surface area contributed by atoms with Crippen LogP contribution in [0, 0.1) is 0 Å². The second kappa shape index (κ2) is 5.81. The minimum atomic E-state index is 0.464. The Kier molecular flexibility index (Phi) is 5.04. The third kappa shape index (κ3) is 3.65. The van der Waals surface area contributed by atoms with E-state index in [9.17, 15) is 9.59 Å². The molecule has 0 spiro atoms. The molecule has 0 saturated carbocycles. The van der Waals surface area contributed by atoms with Gasteiger partial charge in [0.1, 0.15) is 5.94 Å². The fourth-order valence-electron chi connectivity index (χ4n) is 0.539. The molecular weight excluding hydrogens is 128 g/mol. The van der Waals surface area contributed by atoms with Gasteiger partial charge in [0.25, 0.3) is 0 Å². The third-order valence-electron chi connectivity index (χ3n) is 0.956. The molecule has 2 nitrogen and oxygen atoms in total. The lowest BCUT2D eigenvalue weighted by Gasteiger charge is -1.86. The van der Waals surface area contributed by atoms with Crippen molar-refractivity contribution in [3.8, 4) is 0 Å². The van der Waals surface area contributed by atoms with Crippen LogP contribution in [0.1, 0.15) is 19.8 Å². The zero-order chi connectivity index (χ0) is 7.82. The molecule has 0 radical (unpaired) electrons. The highest BCUT2D eigenvalue weighted by Gasteiger charge is 1.88. The topological polar surface area (TPSA) is 34.1 Å². The molecule has 0 unspecified atom stereocenters. The number of carbonyl (C=O) groups excluding carboxylic acids is 2. The molecule has 0 aliphatic carbocycles. The Balaban J connectivity index is 4.25. The predicted octanol–water partition coefficient (Wildman–Crippen LogP) is 1.09. The van der Waals surface area contributed by atoms with Gasteiger partial charge in [0, 0.05) is 11.6 Å². The molecule has 0 saturated heterocycles. The summed E-state index contributed by atoms with van der Waals surface area (Å²) in [5.74, 6) is 3.14. The summed E-state index contributed by atoms with van der Waals surface area (Å²) in [5, 5.41) is 0. The lowest BCUT2D eigenvalue weighted by molar-refractivity contribution is 0.566. The van der Waals surface area contributed by atoms with E-state index in [-0.39, 0.29) is 0 Å². The van der Waals surface area contributed by atoms with Crippen molar-refractivity contribution in [2.24, 2.45) is 0 Å². The molecule has 0 fully saturated rings. The van der Waals surface area contributed by atoms with E-state index in [1.807, 2.05) is 6.92 Å². The van der Waals surface area contributed by atoms with Crippen LogP contribution >= 0.6 is 0 Å². The van der Waals surface area contributed by atoms with E-state index >= 15 is 0 Å². The molecule has 0 aromatic carbocycles. The Bertz CT molecular complexity index is 222. The summed E-state index contributed by atoms with van der Waals surface area (Å²) < 4.78 is 0. The Hall–Kier alpha value is -1.32. The molecule has 0 aliphatic heterocycles. The summed E-state index contributed by atoms with van der Waals surface area (Å²) in [4.78, 5) is 19.7. The lowest BCUT2D eigenvalue weighted by atomic mass is 10.2. The minimum absolute atomic E-state index is 0.464. The molecule has 2 heteroatoms. The highest BCUT2D eigenvalue weighted by Crippen LogP contribution is 1.99. The van der Waals surface area contributed by atoms with Crippen molar-refractivity contribution in [2.75, 3.05) is 0 Å². The van der Waals surface area contributed by atoms with Gasteiger partial charge < -0.3 is 0 Å². The number of rotatable bonds is 3. The van der Waals surface area contributed by atoms with E-state index in [1.165, 1.54) is 12.0 Å². The van der Waals surface area contributed by atoms with Gasteiger partial charge in [-0.05, 0) is 12.2 Å². The molecule has 0 amide bonds. The number of allylic oxidation sites excluding steroid dienone is 2. The fraction of sp³-hybridized carbons (Fsp3) is 0.375. The molecule has 0 N–H and O–H groups in total. The number of hydrogen-bond acceptors (Lipinski definition) is 2. The van der Waals surface area contributed by atoms with Gasteiger partial charge in [-0.1, -0.05) is 13.3 Å². The van der Waals surface area contributed by atoms with Gasteiger partial charge in [-0.2, -0.15) is 0 Å². The van der Waals surface area contributed by atoms with Gasteiger partial charge in [0.05, 0.1) is 0 Å². The average Bonchev–Trinajstić information content (AvgIpc) is 1.98. The van der Waals surface area contributed by atoms with Crippen LogP contribution in [-0.2, 0) is 9.59 Å². The highest BCUT2D eigenvalue weighted by atomic mass is 16.1. The molecular formula is C8H8O2. The monoisotopic (exact) mass is 136 g/mol. The van der Waals surface area contributed by atoms with Gasteiger partial charge >= 0.3 is 0 Å². The molecule has 0 rings (SSSR count). The van der Waals surface area contributed by atoms with Crippen molar-refractivity contribution in [3.05, 3.63) is 17.4 Å². The summed E-state index contributed by atoms with van der Waals surface area (Å²) in [5.41, 5.74) is 2.62. The SMILES string of the molecule is CCCC(=C=O)C=C=C=O. The van der Waals surface area contributed by atoms with E-state index in [1.54, 1.807) is 5.94 Å². The Morgan fingerprint density at radius 1 is 1.50 bits per heavy atom. The highest BCUT2D eigenvalue weighted by molar-refractivity contribution is 5.58. The van der Waals surface area contributed by atoms with Crippen LogP contribution in [0.25, 0.3) is 0 Å². The Morgan fingerprint density at radius 2 is 2.20 bits per heavy atom. The predicted molar refractivity (Wildman–Crippen MR) is 37.9 cm³/mol. The molecule has 0 atom stereocenters. The van der Waals surface area contributed by atoms with E-state index in [0.717, 1.165) is 6.42 Å². The van der Waals surface area contributed by atoms with Crippen molar-refractivity contribution in [3.63, 3.8) is 0 Å². The first kappa shape index (κ1) is 8.68. The van der Waals surface area contributed by atoms with Crippen molar-refractivity contribution >= 4 is 11.9 Å². The maximum absolute atomic E-state index is 10.0. The van der Waals surface area contributed by atoms with Crippen molar-refractivity contribution in [2.45, 2.75) is 19.8 Å². The zero-order valence-electron chi connectivity index (χ0n) is 5.81. The first-order valence-electron chi connectivity index (χ1n) is 3.05. The molecule has 0 bridgehead atoms. The largest absolute Gasteiger partial charge is 0.233 e. The average molecular weight is 136 g/mol. The van der Waals surface area contributed by atoms with Gasteiger partial charge in [-0.15, -0.1) is 0 Å². The van der Waals surface area contributed by atoms with Crippen molar-refractivity contribution in [1.29, 1.82) is 0 Å². The fourth-order valence-corrected chi connectivity index (χ4v) is 0.539. The normalized spacial score (nSPS) is 6.90. The van der Waals surface area contributed by atoms with Crippen molar-refractivity contribution in [1.82, 2.24) is 0 Å². The molecule has 0 aliphatic rings. The van der Waals surface area contributed by atoms with Crippen molar-refractivity contribution < 1.29 is 9.59 Å². The molecule has 0 heterocycles. The van der Waals surface area contributed by atoms with Gasteiger partial charge in [-0.3, -0.25) is 0 Å². The summed E-state index contributed by atoms with van der Waals surface area (Å²) >= 11 is 0. The number of hydrogen-bond donors (Lipinski definition) is 0. The summed E-state index contributed by atoms with van der Waals surface area (Å²) in [6.45, 7) is 1.94. The second-order valence-electron chi connectivity index (χ2n) is 1.77. The summed E-state index contributed by atoms with van der Waals surface area (Å²) in [7, 11) is 0. The maximum atomic E-state index is 10.0. The van der Waals surface area contributed by atoms with Gasteiger partial charge in [0.2, 0.25) is 0 Å².